The Morgan fingerprint density at radius 1 is 1.12 bits per heavy atom. The number of methoxy groups -OCH3 is 1. The number of nitrogens with zero attached hydrogens (tertiary/aromatic N) is 4. The number of hydrogen-bond donors (Lipinski definition) is 2. The first-order chi connectivity index (χ1) is 19.5. The van der Waals surface area contributed by atoms with Gasteiger partial charge in [-0.3, -0.25) is 9.69 Å². The molecule has 0 radical (unpaired) electrons. The van der Waals surface area contributed by atoms with Gasteiger partial charge in [0.25, 0.3) is 0 Å². The molecule has 0 bridgehead atoms. The molecule has 2 N–H and O–H groups in total. The summed E-state index contributed by atoms with van der Waals surface area (Å²) in [4.78, 5) is 36.5. The van der Waals surface area contributed by atoms with Crippen LogP contribution < -0.4 is 20.3 Å². The Bertz CT molecular complexity index is 1550. The molecule has 0 saturated carbocycles. The molecular weight excluding hydrogens is 572 g/mol. The molecule has 1 aliphatic heterocycles. The molecule has 0 spiro atoms. The topological polar surface area (TPSA) is 143 Å². The van der Waals surface area contributed by atoms with Gasteiger partial charge in [-0.05, 0) is 45.0 Å². The number of ether oxygens (including phenoxy) is 2. The first kappa shape index (κ1) is 29.9. The van der Waals surface area contributed by atoms with Crippen molar-refractivity contribution in [3.05, 3.63) is 53.7 Å². The highest BCUT2D eigenvalue weighted by Gasteiger charge is 2.31. The molecular formula is C27H31ClN6O6S. The van der Waals surface area contributed by atoms with Crippen LogP contribution in [-0.2, 0) is 19.4 Å². The summed E-state index contributed by atoms with van der Waals surface area (Å²) in [6.07, 6.45) is 1.39. The SMILES string of the molecule is CCOC(=O)CN1CCN(c2ccc(Nc3ncc(Cl)c(Nc4ccccc4S(=O)(=O)C(C)C)n3)c(OC)c2)C1=O. The average molecular weight is 603 g/mol. The van der Waals surface area contributed by atoms with Crippen LogP contribution in [-0.4, -0.2) is 73.9 Å². The molecule has 14 heteroatoms. The summed E-state index contributed by atoms with van der Waals surface area (Å²) >= 11 is 6.34. The fraction of sp³-hybridized carbons (Fsp3) is 0.333. The van der Waals surface area contributed by atoms with Gasteiger partial charge < -0.3 is 25.0 Å². The Kier molecular flexibility index (Phi) is 9.18. The van der Waals surface area contributed by atoms with E-state index in [2.05, 4.69) is 20.6 Å². The van der Waals surface area contributed by atoms with E-state index in [0.29, 0.717) is 35.9 Å². The summed E-state index contributed by atoms with van der Waals surface area (Å²) in [7, 11) is -2.08. The standard InChI is InChI=1S/C27H31ClN6O6S/c1-5-40-24(35)16-33-12-13-34(27(33)36)18-10-11-20(22(14-18)39-4)31-26-29-15-19(28)25(32-26)30-21-8-6-7-9-23(21)41(37,38)17(2)3/h6-11,14-15,17H,5,12-13,16H2,1-4H3,(H2,29,30,31,32). The van der Waals surface area contributed by atoms with Crippen molar-refractivity contribution in [3.8, 4) is 5.75 Å². The minimum absolute atomic E-state index is 0.113. The number of esters is 1. The lowest BCUT2D eigenvalue weighted by Crippen LogP contribution is -2.36. The van der Waals surface area contributed by atoms with Crippen LogP contribution in [0.2, 0.25) is 5.02 Å². The first-order valence-electron chi connectivity index (χ1n) is 12.8. The van der Waals surface area contributed by atoms with Gasteiger partial charge in [-0.25, -0.2) is 18.2 Å². The molecule has 218 valence electrons. The maximum Gasteiger partial charge on any atom is 0.325 e. The molecule has 0 aliphatic carbocycles. The number of carbonyl (C=O) groups excluding carboxylic acids is 2. The first-order valence-corrected chi connectivity index (χ1v) is 14.8. The van der Waals surface area contributed by atoms with E-state index in [1.54, 1.807) is 62.1 Å². The van der Waals surface area contributed by atoms with E-state index in [1.807, 2.05) is 0 Å². The third-order valence-corrected chi connectivity index (χ3v) is 8.76. The van der Waals surface area contributed by atoms with E-state index in [0.717, 1.165) is 0 Å². The highest BCUT2D eigenvalue weighted by atomic mass is 35.5. The summed E-state index contributed by atoms with van der Waals surface area (Å²) in [6, 6.07) is 11.4. The molecule has 41 heavy (non-hydrogen) atoms. The van der Waals surface area contributed by atoms with Crippen LogP contribution in [0.1, 0.15) is 20.8 Å². The van der Waals surface area contributed by atoms with Crippen LogP contribution in [0, 0.1) is 0 Å². The Balaban J connectivity index is 1.54. The Labute approximate surface area is 243 Å². The van der Waals surface area contributed by atoms with E-state index < -0.39 is 21.1 Å². The maximum atomic E-state index is 12.9. The van der Waals surface area contributed by atoms with E-state index >= 15 is 0 Å². The van der Waals surface area contributed by atoms with Crippen molar-refractivity contribution >= 4 is 62.3 Å². The molecule has 1 saturated heterocycles. The average Bonchev–Trinajstić information content (AvgIpc) is 3.30. The van der Waals surface area contributed by atoms with E-state index in [4.69, 9.17) is 21.1 Å². The van der Waals surface area contributed by atoms with Crippen molar-refractivity contribution in [1.29, 1.82) is 0 Å². The monoisotopic (exact) mass is 602 g/mol. The molecule has 1 aliphatic rings. The largest absolute Gasteiger partial charge is 0.494 e. The van der Waals surface area contributed by atoms with Crippen LogP contribution in [0.5, 0.6) is 5.75 Å². The van der Waals surface area contributed by atoms with Gasteiger partial charge in [0.05, 0.1) is 41.4 Å². The number of rotatable bonds is 11. The number of urea groups is 1. The molecule has 2 aromatic carbocycles. The molecule has 0 atom stereocenters. The zero-order valence-corrected chi connectivity index (χ0v) is 24.6. The van der Waals surface area contributed by atoms with Crippen LogP contribution >= 0.6 is 11.6 Å². The minimum Gasteiger partial charge on any atom is -0.494 e. The minimum atomic E-state index is -3.57. The van der Waals surface area contributed by atoms with Crippen molar-refractivity contribution in [1.82, 2.24) is 14.9 Å². The number of amides is 2. The molecule has 1 aromatic heterocycles. The van der Waals surface area contributed by atoms with Crippen molar-refractivity contribution in [2.24, 2.45) is 0 Å². The summed E-state index contributed by atoms with van der Waals surface area (Å²) < 4.78 is 36.2. The van der Waals surface area contributed by atoms with Gasteiger partial charge in [-0.1, -0.05) is 23.7 Å². The van der Waals surface area contributed by atoms with Crippen molar-refractivity contribution in [2.75, 3.05) is 48.9 Å². The lowest BCUT2D eigenvalue weighted by Gasteiger charge is -2.20. The molecule has 1 fully saturated rings. The number of benzene rings is 2. The van der Waals surface area contributed by atoms with Gasteiger partial charge in [0.2, 0.25) is 5.95 Å². The number of anilines is 5. The Hall–Kier alpha value is -4.10. The summed E-state index contributed by atoms with van der Waals surface area (Å²) in [5.41, 5.74) is 1.44. The highest BCUT2D eigenvalue weighted by Crippen LogP contribution is 2.34. The second kappa shape index (κ2) is 12.6. The number of nitrogens with one attached hydrogen (secondary N) is 2. The molecule has 4 rings (SSSR count). The van der Waals surface area contributed by atoms with Gasteiger partial charge in [0.1, 0.15) is 17.3 Å². The van der Waals surface area contributed by atoms with Gasteiger partial charge in [-0.2, -0.15) is 4.98 Å². The molecule has 2 heterocycles. The molecule has 12 nitrogen and oxygen atoms in total. The van der Waals surface area contributed by atoms with Crippen LogP contribution in [0.4, 0.5) is 33.6 Å². The van der Waals surface area contributed by atoms with Gasteiger partial charge in [-0.15, -0.1) is 0 Å². The van der Waals surface area contributed by atoms with Gasteiger partial charge in [0.15, 0.2) is 15.7 Å². The van der Waals surface area contributed by atoms with E-state index in [9.17, 15) is 18.0 Å². The number of para-hydroxylation sites is 1. The van der Waals surface area contributed by atoms with Crippen molar-refractivity contribution < 1.29 is 27.5 Å². The smallest absolute Gasteiger partial charge is 0.325 e. The van der Waals surface area contributed by atoms with Gasteiger partial charge in [0, 0.05) is 24.8 Å². The van der Waals surface area contributed by atoms with Crippen LogP contribution in [0.25, 0.3) is 0 Å². The molecule has 2 amide bonds. The van der Waals surface area contributed by atoms with Crippen LogP contribution in [0.15, 0.2) is 53.6 Å². The highest BCUT2D eigenvalue weighted by molar-refractivity contribution is 7.92. The number of halogens is 1. The van der Waals surface area contributed by atoms with Gasteiger partial charge >= 0.3 is 12.0 Å². The number of sulfone groups is 1. The zero-order valence-electron chi connectivity index (χ0n) is 23.0. The summed E-state index contributed by atoms with van der Waals surface area (Å²) in [5, 5.41) is 5.67. The Morgan fingerprint density at radius 3 is 2.59 bits per heavy atom. The van der Waals surface area contributed by atoms with E-state index in [1.165, 1.54) is 24.3 Å². The van der Waals surface area contributed by atoms with E-state index in [-0.39, 0.29) is 40.9 Å². The molecule has 3 aromatic rings. The lowest BCUT2D eigenvalue weighted by atomic mass is 10.2. The predicted molar refractivity (Wildman–Crippen MR) is 156 cm³/mol. The second-order valence-electron chi connectivity index (χ2n) is 9.28. The fourth-order valence-electron chi connectivity index (χ4n) is 4.12. The Morgan fingerprint density at radius 2 is 1.88 bits per heavy atom. The zero-order chi connectivity index (χ0) is 29.7. The third kappa shape index (κ3) is 6.63. The number of hydrogen-bond acceptors (Lipinski definition) is 10. The normalized spacial score (nSPS) is 13.5. The predicted octanol–water partition coefficient (Wildman–Crippen LogP) is 4.61. The van der Waals surface area contributed by atoms with Crippen LogP contribution in [0.3, 0.4) is 0 Å². The van der Waals surface area contributed by atoms with Crippen molar-refractivity contribution in [3.63, 3.8) is 0 Å². The lowest BCUT2D eigenvalue weighted by molar-refractivity contribution is -0.143. The maximum absolute atomic E-state index is 12.9. The summed E-state index contributed by atoms with van der Waals surface area (Å²) in [6.45, 7) is 5.86. The molecule has 0 unspecified atom stereocenters. The van der Waals surface area contributed by atoms with Crippen molar-refractivity contribution in [2.45, 2.75) is 30.9 Å². The summed E-state index contributed by atoms with van der Waals surface area (Å²) in [5.74, 6) is 0.336. The number of aromatic nitrogens is 2. The fourth-order valence-corrected chi connectivity index (χ4v) is 5.46. The quantitative estimate of drug-likeness (QED) is 0.299. The second-order valence-corrected chi connectivity index (χ2v) is 12.2. The third-order valence-electron chi connectivity index (χ3n) is 6.27. The number of carbonyl (C=O) groups is 2.